The first-order chi connectivity index (χ1) is 10.2. The van der Waals surface area contributed by atoms with Crippen LogP contribution in [-0.2, 0) is 0 Å². The van der Waals surface area contributed by atoms with Gasteiger partial charge in [-0.15, -0.1) is 0 Å². The smallest absolute Gasteiger partial charge is 0.0288 e. The summed E-state index contributed by atoms with van der Waals surface area (Å²) >= 11 is 0. The Kier molecular flexibility index (Phi) is 4.63. The largest absolute Gasteiger partial charge is 0.329 e. The van der Waals surface area contributed by atoms with Gasteiger partial charge in [-0.2, -0.15) is 0 Å². The summed E-state index contributed by atoms with van der Waals surface area (Å²) in [6, 6.07) is 12.7. The van der Waals surface area contributed by atoms with E-state index in [9.17, 15) is 0 Å². The number of hydrogen-bond donors (Lipinski definition) is 1. The molecule has 0 spiro atoms. The van der Waals surface area contributed by atoms with Crippen LogP contribution in [0, 0.1) is 0 Å². The van der Waals surface area contributed by atoms with Crippen LogP contribution < -0.4 is 5.73 Å². The number of rotatable bonds is 4. The van der Waals surface area contributed by atoms with Crippen molar-refractivity contribution in [2.75, 3.05) is 26.2 Å². The lowest BCUT2D eigenvalue weighted by atomic mass is 9.90. The normalized spacial score (nSPS) is 30.0. The van der Waals surface area contributed by atoms with Gasteiger partial charge in [0.25, 0.3) is 0 Å². The van der Waals surface area contributed by atoms with Crippen LogP contribution in [-0.4, -0.2) is 54.1 Å². The number of piperazine rings is 1. The molecule has 3 rings (SSSR count). The summed E-state index contributed by atoms with van der Waals surface area (Å²) in [6.45, 7) is 9.15. The molecule has 3 nitrogen and oxygen atoms in total. The van der Waals surface area contributed by atoms with Crippen molar-refractivity contribution in [3.63, 3.8) is 0 Å². The Morgan fingerprint density at radius 2 is 2.00 bits per heavy atom. The van der Waals surface area contributed by atoms with Crippen LogP contribution in [0.5, 0.6) is 0 Å². The summed E-state index contributed by atoms with van der Waals surface area (Å²) in [5, 5.41) is 0. The minimum Gasteiger partial charge on any atom is -0.329 e. The Morgan fingerprint density at radius 1 is 1.24 bits per heavy atom. The molecule has 0 saturated carbocycles. The van der Waals surface area contributed by atoms with Crippen LogP contribution in [0.3, 0.4) is 0 Å². The Hall–Kier alpha value is -0.900. The van der Waals surface area contributed by atoms with Crippen molar-refractivity contribution in [3.8, 4) is 0 Å². The van der Waals surface area contributed by atoms with E-state index in [1.807, 2.05) is 0 Å². The predicted octanol–water partition coefficient (Wildman–Crippen LogP) is 2.29. The number of hydrogen-bond acceptors (Lipinski definition) is 3. The highest BCUT2D eigenvalue weighted by Gasteiger charge is 2.38. The van der Waals surface area contributed by atoms with E-state index in [0.717, 1.165) is 12.6 Å². The van der Waals surface area contributed by atoms with Crippen molar-refractivity contribution in [1.29, 1.82) is 0 Å². The molecule has 21 heavy (non-hydrogen) atoms. The number of nitrogens with zero attached hydrogens (tertiary/aromatic N) is 2. The SMILES string of the molecule is CC(c1ccccc1)C(CN)N1CC2CCCN2CC1C. The zero-order chi connectivity index (χ0) is 14.8. The van der Waals surface area contributed by atoms with E-state index in [4.69, 9.17) is 5.73 Å². The Bertz CT molecular complexity index is 447. The van der Waals surface area contributed by atoms with Crippen molar-refractivity contribution in [2.45, 2.75) is 50.7 Å². The Balaban J connectivity index is 1.76. The van der Waals surface area contributed by atoms with Crippen molar-refractivity contribution in [3.05, 3.63) is 35.9 Å². The van der Waals surface area contributed by atoms with Gasteiger partial charge in [-0.05, 0) is 37.8 Å². The second-order valence-electron chi connectivity index (χ2n) is 6.84. The van der Waals surface area contributed by atoms with Gasteiger partial charge in [0.05, 0.1) is 0 Å². The molecule has 3 heteroatoms. The number of nitrogens with two attached hydrogens (primary N) is 1. The molecule has 0 aliphatic carbocycles. The fourth-order valence-electron chi connectivity index (χ4n) is 4.28. The van der Waals surface area contributed by atoms with E-state index >= 15 is 0 Å². The third-order valence-electron chi connectivity index (χ3n) is 5.56. The summed E-state index contributed by atoms with van der Waals surface area (Å²) in [5.41, 5.74) is 7.60. The average molecular weight is 287 g/mol. The van der Waals surface area contributed by atoms with E-state index in [2.05, 4.69) is 54.0 Å². The molecular formula is C18H29N3. The lowest BCUT2D eigenvalue weighted by Crippen LogP contribution is -2.60. The van der Waals surface area contributed by atoms with Crippen molar-refractivity contribution >= 4 is 0 Å². The van der Waals surface area contributed by atoms with Crippen LogP contribution in [0.2, 0.25) is 0 Å². The molecule has 2 heterocycles. The first kappa shape index (κ1) is 15.0. The quantitative estimate of drug-likeness (QED) is 0.922. The molecule has 0 bridgehead atoms. The molecule has 2 saturated heterocycles. The van der Waals surface area contributed by atoms with E-state index in [1.54, 1.807) is 0 Å². The van der Waals surface area contributed by atoms with E-state index in [1.165, 1.54) is 38.0 Å². The second-order valence-corrected chi connectivity index (χ2v) is 6.84. The molecule has 0 amide bonds. The molecule has 4 unspecified atom stereocenters. The van der Waals surface area contributed by atoms with Gasteiger partial charge in [0.1, 0.15) is 0 Å². The molecule has 2 fully saturated rings. The maximum atomic E-state index is 6.19. The van der Waals surface area contributed by atoms with Crippen LogP contribution in [0.15, 0.2) is 30.3 Å². The number of benzene rings is 1. The van der Waals surface area contributed by atoms with E-state index in [0.29, 0.717) is 18.0 Å². The van der Waals surface area contributed by atoms with Gasteiger partial charge in [-0.3, -0.25) is 9.80 Å². The minimum absolute atomic E-state index is 0.449. The van der Waals surface area contributed by atoms with Gasteiger partial charge in [-0.25, -0.2) is 0 Å². The molecule has 1 aromatic rings. The summed E-state index contributed by atoms with van der Waals surface area (Å²) in [7, 11) is 0. The van der Waals surface area contributed by atoms with Gasteiger partial charge in [0.15, 0.2) is 0 Å². The Labute approximate surface area is 129 Å². The standard InChI is InChI=1S/C18H29N3/c1-14-12-20-10-6-9-17(20)13-21(14)18(11-19)15(2)16-7-4-3-5-8-16/h3-5,7-8,14-15,17-18H,6,9-13,19H2,1-2H3. The highest BCUT2D eigenvalue weighted by atomic mass is 15.3. The fraction of sp³-hybridized carbons (Fsp3) is 0.667. The van der Waals surface area contributed by atoms with Crippen LogP contribution in [0.4, 0.5) is 0 Å². The summed E-state index contributed by atoms with van der Waals surface area (Å²) in [6.07, 6.45) is 2.73. The van der Waals surface area contributed by atoms with Crippen molar-refractivity contribution in [2.24, 2.45) is 5.73 Å². The minimum atomic E-state index is 0.449. The van der Waals surface area contributed by atoms with Gasteiger partial charge < -0.3 is 5.73 Å². The zero-order valence-corrected chi connectivity index (χ0v) is 13.4. The molecule has 4 atom stereocenters. The zero-order valence-electron chi connectivity index (χ0n) is 13.4. The molecule has 116 valence electrons. The monoisotopic (exact) mass is 287 g/mol. The van der Waals surface area contributed by atoms with Crippen LogP contribution in [0.25, 0.3) is 0 Å². The topological polar surface area (TPSA) is 32.5 Å². The molecular weight excluding hydrogens is 258 g/mol. The van der Waals surface area contributed by atoms with Crippen molar-refractivity contribution in [1.82, 2.24) is 9.80 Å². The van der Waals surface area contributed by atoms with Gasteiger partial charge in [-0.1, -0.05) is 37.3 Å². The van der Waals surface area contributed by atoms with Gasteiger partial charge in [0, 0.05) is 37.8 Å². The third kappa shape index (κ3) is 3.01. The highest BCUT2D eigenvalue weighted by molar-refractivity contribution is 5.21. The summed E-state index contributed by atoms with van der Waals surface area (Å²) in [4.78, 5) is 5.37. The Morgan fingerprint density at radius 3 is 2.71 bits per heavy atom. The molecule has 0 aromatic heterocycles. The van der Waals surface area contributed by atoms with Gasteiger partial charge >= 0.3 is 0 Å². The summed E-state index contributed by atoms with van der Waals surface area (Å²) in [5.74, 6) is 0.492. The fourth-order valence-corrected chi connectivity index (χ4v) is 4.28. The maximum Gasteiger partial charge on any atom is 0.0288 e. The second kappa shape index (κ2) is 6.47. The van der Waals surface area contributed by atoms with Crippen molar-refractivity contribution < 1.29 is 0 Å². The average Bonchev–Trinajstić information content (AvgIpc) is 2.96. The molecule has 2 N–H and O–H groups in total. The van der Waals surface area contributed by atoms with E-state index in [-0.39, 0.29) is 0 Å². The maximum absolute atomic E-state index is 6.19. The first-order valence-electron chi connectivity index (χ1n) is 8.45. The molecule has 2 aliphatic rings. The summed E-state index contributed by atoms with van der Waals surface area (Å²) < 4.78 is 0. The highest BCUT2D eigenvalue weighted by Crippen LogP contribution is 2.30. The first-order valence-corrected chi connectivity index (χ1v) is 8.45. The molecule has 1 aromatic carbocycles. The van der Waals surface area contributed by atoms with Crippen LogP contribution in [0.1, 0.15) is 38.2 Å². The third-order valence-corrected chi connectivity index (χ3v) is 5.56. The lowest BCUT2D eigenvalue weighted by molar-refractivity contribution is 0.0234. The molecule has 0 radical (unpaired) electrons. The molecule has 2 aliphatic heterocycles. The van der Waals surface area contributed by atoms with Gasteiger partial charge in [0.2, 0.25) is 0 Å². The predicted molar refractivity (Wildman–Crippen MR) is 88.5 cm³/mol. The lowest BCUT2D eigenvalue weighted by Gasteiger charge is -2.47. The van der Waals surface area contributed by atoms with Crippen LogP contribution >= 0.6 is 0 Å². The number of fused-ring (bicyclic) bond motifs is 1. The van der Waals surface area contributed by atoms with E-state index < -0.39 is 0 Å².